The number of allylic oxidation sites excluding steroid dienone is 4. The Morgan fingerprint density at radius 2 is 1.96 bits per heavy atom. The molecule has 1 heterocycles. The van der Waals surface area contributed by atoms with Crippen molar-refractivity contribution < 1.29 is 18.0 Å². The molecular formula is C21H23F3N2O. The third-order valence-corrected chi connectivity index (χ3v) is 4.56. The first-order valence-corrected chi connectivity index (χ1v) is 8.50. The van der Waals surface area contributed by atoms with Crippen molar-refractivity contribution >= 4 is 17.2 Å². The number of likely N-dealkylation sites (tertiary alicyclic amines) is 1. The lowest BCUT2D eigenvalue weighted by molar-refractivity contribution is -0.137. The minimum atomic E-state index is -4.52. The molecule has 1 aliphatic heterocycles. The Balaban J connectivity index is 2.36. The zero-order valence-corrected chi connectivity index (χ0v) is 15.3. The molecule has 6 heteroatoms. The molecule has 0 radical (unpaired) electrons. The summed E-state index contributed by atoms with van der Waals surface area (Å²) in [5.74, 6) is -0.183. The number of hydrogen-bond acceptors (Lipinski definition) is 2. The van der Waals surface area contributed by atoms with Gasteiger partial charge >= 0.3 is 6.18 Å². The summed E-state index contributed by atoms with van der Waals surface area (Å²) in [6.45, 7) is 13.4. The van der Waals surface area contributed by atoms with Gasteiger partial charge < -0.3 is 10.2 Å². The largest absolute Gasteiger partial charge is 0.417 e. The van der Waals surface area contributed by atoms with Crippen LogP contribution < -0.4 is 5.32 Å². The molecule has 144 valence electrons. The molecule has 1 aromatic rings. The summed E-state index contributed by atoms with van der Waals surface area (Å²) in [7, 11) is 0. The Bertz CT molecular complexity index is 795. The van der Waals surface area contributed by atoms with E-state index >= 15 is 0 Å². The van der Waals surface area contributed by atoms with Crippen LogP contribution in [-0.4, -0.2) is 29.4 Å². The zero-order valence-electron chi connectivity index (χ0n) is 15.3. The number of nitrogens with zero attached hydrogens (tertiary/aromatic N) is 1. The summed E-state index contributed by atoms with van der Waals surface area (Å²) < 4.78 is 40.8. The van der Waals surface area contributed by atoms with Crippen LogP contribution in [0.4, 0.5) is 18.9 Å². The fourth-order valence-corrected chi connectivity index (χ4v) is 3.23. The van der Waals surface area contributed by atoms with Crippen molar-refractivity contribution in [2.75, 3.05) is 18.4 Å². The fourth-order valence-electron chi connectivity index (χ4n) is 3.23. The van der Waals surface area contributed by atoms with Crippen molar-refractivity contribution in [2.24, 2.45) is 0 Å². The molecule has 1 saturated heterocycles. The molecule has 1 aromatic carbocycles. The van der Waals surface area contributed by atoms with Crippen molar-refractivity contribution in [1.29, 1.82) is 0 Å². The molecule has 27 heavy (non-hydrogen) atoms. The van der Waals surface area contributed by atoms with Crippen molar-refractivity contribution in [3.63, 3.8) is 0 Å². The monoisotopic (exact) mass is 376 g/mol. The Labute approximate surface area is 157 Å². The highest BCUT2D eigenvalue weighted by molar-refractivity contribution is 5.87. The summed E-state index contributed by atoms with van der Waals surface area (Å²) in [6, 6.07) is 4.13. The van der Waals surface area contributed by atoms with Crippen molar-refractivity contribution in [3.05, 3.63) is 73.4 Å². The molecule has 1 fully saturated rings. The third-order valence-electron chi connectivity index (χ3n) is 4.56. The number of alkyl halides is 3. The SMILES string of the molecule is C=C/C=C(\C=C)c1ccc(NC2(C)CCN(C(=O)C=C)C2)cc1C(F)(F)F. The van der Waals surface area contributed by atoms with Crippen LogP contribution in [0.1, 0.15) is 24.5 Å². The van der Waals surface area contributed by atoms with E-state index in [9.17, 15) is 18.0 Å². The van der Waals surface area contributed by atoms with E-state index in [0.717, 1.165) is 6.07 Å². The van der Waals surface area contributed by atoms with E-state index in [-0.39, 0.29) is 11.5 Å². The number of anilines is 1. The number of carbonyl (C=O) groups excluding carboxylic acids is 1. The number of rotatable bonds is 6. The summed E-state index contributed by atoms with van der Waals surface area (Å²) in [5.41, 5.74) is -0.521. The molecular weight excluding hydrogens is 353 g/mol. The number of carbonyl (C=O) groups is 1. The normalized spacial score (nSPS) is 20.3. The first kappa shape index (κ1) is 20.6. The predicted molar refractivity (Wildman–Crippen MR) is 103 cm³/mol. The second kappa shape index (κ2) is 7.86. The van der Waals surface area contributed by atoms with Gasteiger partial charge in [0.05, 0.1) is 11.1 Å². The number of hydrogen-bond donors (Lipinski definition) is 1. The maximum atomic E-state index is 13.6. The lowest BCUT2D eigenvalue weighted by atomic mass is 9.96. The Kier molecular flexibility index (Phi) is 5.98. The maximum absolute atomic E-state index is 13.6. The summed E-state index contributed by atoms with van der Waals surface area (Å²) in [6.07, 6.45) is 1.64. The van der Waals surface area contributed by atoms with Crippen molar-refractivity contribution in [1.82, 2.24) is 4.90 Å². The zero-order chi connectivity index (χ0) is 20.2. The molecule has 1 atom stereocenters. The number of benzene rings is 1. The van der Waals surface area contributed by atoms with Crippen LogP contribution in [0.2, 0.25) is 0 Å². The van der Waals surface area contributed by atoms with Gasteiger partial charge in [-0.25, -0.2) is 0 Å². The summed E-state index contributed by atoms with van der Waals surface area (Å²) in [4.78, 5) is 13.4. The van der Waals surface area contributed by atoms with Gasteiger partial charge in [-0.2, -0.15) is 13.2 Å². The number of halogens is 3. The Hall–Kier alpha value is -2.76. The average molecular weight is 376 g/mol. The predicted octanol–water partition coefficient (Wildman–Crippen LogP) is 5.05. The van der Waals surface area contributed by atoms with Crippen LogP contribution in [0.5, 0.6) is 0 Å². The molecule has 1 amide bonds. The molecule has 0 saturated carbocycles. The average Bonchev–Trinajstić information content (AvgIpc) is 3.00. The van der Waals surface area contributed by atoms with Crippen LogP contribution in [-0.2, 0) is 11.0 Å². The summed E-state index contributed by atoms with van der Waals surface area (Å²) >= 11 is 0. The quantitative estimate of drug-likeness (QED) is 0.557. The lowest BCUT2D eigenvalue weighted by Gasteiger charge is -2.28. The highest BCUT2D eigenvalue weighted by Crippen LogP contribution is 2.38. The van der Waals surface area contributed by atoms with Crippen LogP contribution in [0, 0.1) is 0 Å². The number of amides is 1. The van der Waals surface area contributed by atoms with Crippen molar-refractivity contribution in [3.8, 4) is 0 Å². The van der Waals surface area contributed by atoms with Crippen LogP contribution in [0.15, 0.2) is 62.2 Å². The maximum Gasteiger partial charge on any atom is 0.417 e. The molecule has 0 aromatic heterocycles. The van der Waals surface area contributed by atoms with Gasteiger partial charge in [0, 0.05) is 18.8 Å². The first-order chi connectivity index (χ1) is 12.6. The second-order valence-electron chi connectivity index (χ2n) is 6.72. The highest BCUT2D eigenvalue weighted by Gasteiger charge is 2.37. The van der Waals surface area contributed by atoms with E-state index in [0.29, 0.717) is 30.8 Å². The van der Waals surface area contributed by atoms with E-state index in [2.05, 4.69) is 25.1 Å². The standard InChI is InChI=1S/C21H23F3N2O/c1-5-8-15(6-2)17-10-9-16(13-18(17)21(22,23)24)25-20(4)11-12-26(14-20)19(27)7-3/h5-10,13,25H,1-3,11-12,14H2,4H3/b15-8+. The first-order valence-electron chi connectivity index (χ1n) is 8.50. The lowest BCUT2D eigenvalue weighted by Crippen LogP contribution is -2.39. The van der Waals surface area contributed by atoms with Gasteiger partial charge in [-0.1, -0.05) is 44.0 Å². The van der Waals surface area contributed by atoms with Crippen LogP contribution in [0.3, 0.4) is 0 Å². The molecule has 0 bridgehead atoms. The van der Waals surface area contributed by atoms with Crippen LogP contribution in [0.25, 0.3) is 5.57 Å². The minimum absolute atomic E-state index is 0.0444. The topological polar surface area (TPSA) is 32.3 Å². The van der Waals surface area contributed by atoms with E-state index in [1.165, 1.54) is 30.4 Å². The Morgan fingerprint density at radius 3 is 2.52 bits per heavy atom. The molecule has 2 rings (SSSR count). The highest BCUT2D eigenvalue weighted by atomic mass is 19.4. The summed E-state index contributed by atoms with van der Waals surface area (Å²) in [5, 5.41) is 3.16. The van der Waals surface area contributed by atoms with Gasteiger partial charge in [0.2, 0.25) is 5.91 Å². The minimum Gasteiger partial charge on any atom is -0.378 e. The second-order valence-corrected chi connectivity index (χ2v) is 6.72. The van der Waals surface area contributed by atoms with Crippen molar-refractivity contribution in [2.45, 2.75) is 25.1 Å². The molecule has 0 spiro atoms. The van der Waals surface area contributed by atoms with E-state index < -0.39 is 17.3 Å². The van der Waals surface area contributed by atoms with E-state index in [1.54, 1.807) is 11.0 Å². The molecule has 0 aliphatic carbocycles. The van der Waals surface area contributed by atoms with Gasteiger partial charge in [0.15, 0.2) is 0 Å². The van der Waals surface area contributed by atoms with E-state index in [4.69, 9.17) is 0 Å². The van der Waals surface area contributed by atoms with Gasteiger partial charge in [-0.15, -0.1) is 0 Å². The smallest absolute Gasteiger partial charge is 0.378 e. The van der Waals surface area contributed by atoms with Crippen LogP contribution >= 0.6 is 0 Å². The van der Waals surface area contributed by atoms with Gasteiger partial charge in [-0.3, -0.25) is 4.79 Å². The third kappa shape index (κ3) is 4.70. The molecule has 1 unspecified atom stereocenters. The van der Waals surface area contributed by atoms with Gasteiger partial charge in [0.25, 0.3) is 0 Å². The molecule has 1 N–H and O–H groups in total. The Morgan fingerprint density at radius 1 is 1.26 bits per heavy atom. The molecule has 1 aliphatic rings. The fraction of sp³-hybridized carbons (Fsp3) is 0.286. The van der Waals surface area contributed by atoms with E-state index in [1.807, 2.05) is 6.92 Å². The molecule has 3 nitrogen and oxygen atoms in total. The van der Waals surface area contributed by atoms with Gasteiger partial charge in [0.1, 0.15) is 0 Å². The van der Waals surface area contributed by atoms with Gasteiger partial charge in [-0.05, 0) is 42.7 Å². The number of nitrogens with one attached hydrogen (secondary N) is 1.